The number of aromatic nitrogens is 1. The molecule has 1 aromatic rings. The zero-order valence-corrected chi connectivity index (χ0v) is 9.12. The lowest BCUT2D eigenvalue weighted by Crippen LogP contribution is -2.11. The third-order valence-corrected chi connectivity index (χ3v) is 2.59. The van der Waals surface area contributed by atoms with Crippen LogP contribution in [-0.4, -0.2) is 29.6 Å². The Morgan fingerprint density at radius 1 is 1.47 bits per heavy atom. The lowest BCUT2D eigenvalue weighted by Gasteiger charge is -1.99. The molecule has 80 valence electrons. The highest BCUT2D eigenvalue weighted by atomic mass is 32.2. The number of hydrogen-bond acceptors (Lipinski definition) is 5. The second-order valence-electron chi connectivity index (χ2n) is 2.75. The van der Waals surface area contributed by atoms with Gasteiger partial charge in [-0.25, -0.2) is 4.98 Å². The van der Waals surface area contributed by atoms with E-state index in [4.69, 9.17) is 0 Å². The summed E-state index contributed by atoms with van der Waals surface area (Å²) in [5.41, 5.74) is 0. The molecule has 0 aromatic carbocycles. The van der Waals surface area contributed by atoms with Crippen molar-refractivity contribution in [1.82, 2.24) is 4.98 Å². The van der Waals surface area contributed by atoms with E-state index in [9.17, 15) is 9.59 Å². The third-order valence-electron chi connectivity index (χ3n) is 1.59. The first-order chi connectivity index (χ1) is 7.22. The fraction of sp³-hybridized carbons (Fsp3) is 0.300. The molecule has 0 N–H and O–H groups in total. The first-order valence-corrected chi connectivity index (χ1v) is 5.33. The number of hydrogen-bond donors (Lipinski definition) is 0. The SMILES string of the molecule is COC(=O)CC(=O)CSc1ccccn1. The molecule has 0 radical (unpaired) electrons. The lowest BCUT2D eigenvalue weighted by atomic mass is 10.3. The number of pyridine rings is 1. The van der Waals surface area contributed by atoms with E-state index < -0.39 is 5.97 Å². The highest BCUT2D eigenvalue weighted by molar-refractivity contribution is 7.99. The average molecular weight is 225 g/mol. The van der Waals surface area contributed by atoms with Crippen molar-refractivity contribution in [3.05, 3.63) is 24.4 Å². The molecule has 5 heteroatoms. The summed E-state index contributed by atoms with van der Waals surface area (Å²) in [7, 11) is 1.27. The first-order valence-electron chi connectivity index (χ1n) is 4.34. The van der Waals surface area contributed by atoms with E-state index in [1.54, 1.807) is 12.3 Å². The zero-order valence-electron chi connectivity index (χ0n) is 8.30. The van der Waals surface area contributed by atoms with Crippen LogP contribution in [-0.2, 0) is 14.3 Å². The van der Waals surface area contributed by atoms with Crippen LogP contribution in [0.1, 0.15) is 6.42 Å². The molecule has 0 aliphatic heterocycles. The number of esters is 1. The van der Waals surface area contributed by atoms with Gasteiger partial charge >= 0.3 is 5.97 Å². The molecule has 1 aromatic heterocycles. The molecule has 0 aliphatic rings. The Balaban J connectivity index is 2.32. The molecular formula is C10H11NO3S. The summed E-state index contributed by atoms with van der Waals surface area (Å²) in [6.07, 6.45) is 1.49. The quantitative estimate of drug-likeness (QED) is 0.429. The number of carbonyl (C=O) groups is 2. The van der Waals surface area contributed by atoms with E-state index in [1.165, 1.54) is 18.9 Å². The summed E-state index contributed by atoms with van der Waals surface area (Å²) >= 11 is 1.31. The van der Waals surface area contributed by atoms with Crippen LogP contribution in [0.25, 0.3) is 0 Å². The minimum atomic E-state index is -0.498. The molecule has 4 nitrogen and oxygen atoms in total. The average Bonchev–Trinajstić information content (AvgIpc) is 2.27. The summed E-state index contributed by atoms with van der Waals surface area (Å²) in [6.45, 7) is 0. The molecule has 0 aliphatic carbocycles. The molecule has 1 rings (SSSR count). The van der Waals surface area contributed by atoms with E-state index in [0.29, 0.717) is 0 Å². The monoisotopic (exact) mass is 225 g/mol. The largest absolute Gasteiger partial charge is 0.469 e. The van der Waals surface area contributed by atoms with Gasteiger partial charge in [0.1, 0.15) is 6.42 Å². The van der Waals surface area contributed by atoms with Crippen molar-refractivity contribution in [2.75, 3.05) is 12.9 Å². The maximum Gasteiger partial charge on any atom is 0.313 e. The number of thioether (sulfide) groups is 1. The number of rotatable bonds is 5. The molecule has 0 bridgehead atoms. The van der Waals surface area contributed by atoms with Crippen molar-refractivity contribution >= 4 is 23.5 Å². The number of Topliss-reactive ketones (excluding diaryl/α,β-unsaturated/α-hetero) is 1. The van der Waals surface area contributed by atoms with Crippen LogP contribution in [0.4, 0.5) is 0 Å². The molecule has 0 fully saturated rings. The van der Waals surface area contributed by atoms with Crippen molar-refractivity contribution in [1.29, 1.82) is 0 Å². The normalized spacial score (nSPS) is 9.67. The Morgan fingerprint density at radius 2 is 2.27 bits per heavy atom. The van der Waals surface area contributed by atoms with Crippen LogP contribution in [0.15, 0.2) is 29.4 Å². The van der Waals surface area contributed by atoms with Crippen molar-refractivity contribution < 1.29 is 14.3 Å². The second kappa shape index (κ2) is 6.19. The first kappa shape index (κ1) is 11.7. The van der Waals surface area contributed by atoms with Crippen LogP contribution in [0.2, 0.25) is 0 Å². The van der Waals surface area contributed by atoms with Gasteiger partial charge in [-0.05, 0) is 12.1 Å². The molecule has 0 saturated heterocycles. The van der Waals surface area contributed by atoms with Gasteiger partial charge < -0.3 is 4.74 Å². The molecule has 1 heterocycles. The topological polar surface area (TPSA) is 56.3 Å². The van der Waals surface area contributed by atoms with E-state index >= 15 is 0 Å². The predicted molar refractivity (Wildman–Crippen MR) is 56.6 cm³/mol. The molecule has 15 heavy (non-hydrogen) atoms. The Morgan fingerprint density at radius 3 is 2.87 bits per heavy atom. The summed E-state index contributed by atoms with van der Waals surface area (Å²) in [6, 6.07) is 5.47. The van der Waals surface area contributed by atoms with Gasteiger partial charge in [-0.3, -0.25) is 9.59 Å². The van der Waals surface area contributed by atoms with Gasteiger partial charge in [-0.1, -0.05) is 17.8 Å². The molecule has 0 amide bonds. The van der Waals surface area contributed by atoms with Crippen molar-refractivity contribution in [3.63, 3.8) is 0 Å². The molecule has 0 spiro atoms. The number of nitrogens with zero attached hydrogens (tertiary/aromatic N) is 1. The number of ether oxygens (including phenoxy) is 1. The lowest BCUT2D eigenvalue weighted by molar-refractivity contribution is -0.142. The van der Waals surface area contributed by atoms with Crippen molar-refractivity contribution in [3.8, 4) is 0 Å². The standard InChI is InChI=1S/C10H11NO3S/c1-14-10(13)6-8(12)7-15-9-4-2-3-5-11-9/h2-5H,6-7H2,1H3. The Kier molecular flexibility index (Phi) is 4.83. The van der Waals surface area contributed by atoms with Crippen LogP contribution in [0.3, 0.4) is 0 Å². The number of carbonyl (C=O) groups excluding carboxylic acids is 2. The highest BCUT2D eigenvalue weighted by Gasteiger charge is 2.09. The van der Waals surface area contributed by atoms with Crippen LogP contribution >= 0.6 is 11.8 Å². The zero-order chi connectivity index (χ0) is 11.1. The predicted octanol–water partition coefficient (Wildman–Crippen LogP) is 1.31. The van der Waals surface area contributed by atoms with E-state index in [-0.39, 0.29) is 18.0 Å². The molecule has 0 unspecified atom stereocenters. The molecule has 0 atom stereocenters. The van der Waals surface area contributed by atoms with E-state index in [2.05, 4.69) is 9.72 Å². The third kappa shape index (κ3) is 4.60. The molecule has 0 saturated carbocycles. The van der Waals surface area contributed by atoms with Gasteiger partial charge in [-0.2, -0.15) is 0 Å². The van der Waals surface area contributed by atoms with Gasteiger partial charge in [0.2, 0.25) is 0 Å². The van der Waals surface area contributed by atoms with E-state index in [1.807, 2.05) is 12.1 Å². The Labute approximate surface area is 92.0 Å². The Bertz CT molecular complexity index is 340. The molecular weight excluding hydrogens is 214 g/mol. The minimum Gasteiger partial charge on any atom is -0.469 e. The summed E-state index contributed by atoms with van der Waals surface area (Å²) in [4.78, 5) is 26.0. The fourth-order valence-electron chi connectivity index (χ4n) is 0.871. The van der Waals surface area contributed by atoms with Crippen molar-refractivity contribution in [2.45, 2.75) is 11.4 Å². The van der Waals surface area contributed by atoms with Crippen LogP contribution in [0.5, 0.6) is 0 Å². The Hall–Kier alpha value is -1.36. The van der Waals surface area contributed by atoms with Gasteiger partial charge in [0, 0.05) is 6.20 Å². The van der Waals surface area contributed by atoms with Gasteiger partial charge in [0.25, 0.3) is 0 Å². The summed E-state index contributed by atoms with van der Waals surface area (Å²) < 4.78 is 4.39. The maximum absolute atomic E-state index is 11.2. The van der Waals surface area contributed by atoms with Crippen LogP contribution < -0.4 is 0 Å². The van der Waals surface area contributed by atoms with Gasteiger partial charge in [0.15, 0.2) is 5.78 Å². The van der Waals surface area contributed by atoms with Crippen LogP contribution in [0, 0.1) is 0 Å². The van der Waals surface area contributed by atoms with Gasteiger partial charge in [0.05, 0.1) is 17.9 Å². The maximum atomic E-state index is 11.2. The number of methoxy groups -OCH3 is 1. The fourth-order valence-corrected chi connectivity index (χ4v) is 1.59. The summed E-state index contributed by atoms with van der Waals surface area (Å²) in [5.74, 6) is -0.411. The highest BCUT2D eigenvalue weighted by Crippen LogP contribution is 2.14. The summed E-state index contributed by atoms with van der Waals surface area (Å²) in [5, 5.41) is 0.774. The smallest absolute Gasteiger partial charge is 0.313 e. The minimum absolute atomic E-state index is 0.155. The second-order valence-corrected chi connectivity index (χ2v) is 3.74. The van der Waals surface area contributed by atoms with Gasteiger partial charge in [-0.15, -0.1) is 0 Å². The number of ketones is 1. The van der Waals surface area contributed by atoms with E-state index in [0.717, 1.165) is 5.03 Å². The van der Waals surface area contributed by atoms with Crippen molar-refractivity contribution in [2.24, 2.45) is 0 Å².